The fourth-order valence-electron chi connectivity index (χ4n) is 2.34. The van der Waals surface area contributed by atoms with E-state index >= 15 is 0 Å². The molecule has 18 heavy (non-hydrogen) atoms. The Hall–Kier alpha value is -2.03. The molecule has 1 aromatic carbocycles. The molecule has 3 heteroatoms. The minimum Gasteiger partial charge on any atom is -0.367 e. The van der Waals surface area contributed by atoms with Gasteiger partial charge in [-0.3, -0.25) is 4.79 Å². The summed E-state index contributed by atoms with van der Waals surface area (Å²) in [5, 5.41) is 2.99. The van der Waals surface area contributed by atoms with Gasteiger partial charge in [-0.25, -0.2) is 0 Å². The molecule has 0 radical (unpaired) electrons. The number of benzene rings is 1. The Labute approximate surface area is 106 Å². The van der Waals surface area contributed by atoms with Crippen LogP contribution in [0.4, 0.5) is 0 Å². The van der Waals surface area contributed by atoms with Crippen molar-refractivity contribution < 1.29 is 4.79 Å². The highest BCUT2D eigenvalue weighted by Gasteiger charge is 2.43. The Morgan fingerprint density at radius 3 is 2.83 bits per heavy atom. The molecule has 0 spiro atoms. The van der Waals surface area contributed by atoms with E-state index in [-0.39, 0.29) is 11.8 Å². The van der Waals surface area contributed by atoms with Crippen molar-refractivity contribution in [3.63, 3.8) is 0 Å². The fourth-order valence-corrected chi connectivity index (χ4v) is 2.34. The number of carbonyl (C=O) groups excluding carboxylic acids is 1. The van der Waals surface area contributed by atoms with Gasteiger partial charge in [0.1, 0.15) is 0 Å². The Balaban J connectivity index is 1.53. The third kappa shape index (κ3) is 2.30. The average molecular weight is 240 g/mol. The lowest BCUT2D eigenvalue weighted by atomic mass is 10.1. The third-order valence-electron chi connectivity index (χ3n) is 3.48. The number of aromatic amines is 1. The molecule has 0 saturated heterocycles. The first-order chi connectivity index (χ1) is 8.84. The van der Waals surface area contributed by atoms with Crippen molar-refractivity contribution in [2.24, 2.45) is 5.92 Å². The molecule has 92 valence electrons. The maximum absolute atomic E-state index is 12.0. The van der Waals surface area contributed by atoms with Gasteiger partial charge in [0.15, 0.2) is 0 Å². The lowest BCUT2D eigenvalue weighted by molar-refractivity contribution is -0.122. The number of carbonyl (C=O) groups is 1. The highest BCUT2D eigenvalue weighted by molar-refractivity contribution is 5.82. The summed E-state index contributed by atoms with van der Waals surface area (Å²) in [6.07, 6.45) is 4.75. The van der Waals surface area contributed by atoms with Crippen molar-refractivity contribution in [3.8, 4) is 0 Å². The van der Waals surface area contributed by atoms with E-state index in [0.717, 1.165) is 12.0 Å². The zero-order chi connectivity index (χ0) is 12.4. The summed E-state index contributed by atoms with van der Waals surface area (Å²) in [7, 11) is 0. The molecule has 1 heterocycles. The number of nitrogens with one attached hydrogen (secondary N) is 2. The summed E-state index contributed by atoms with van der Waals surface area (Å²) in [6.45, 7) is 0.611. The van der Waals surface area contributed by atoms with Gasteiger partial charge in [0.25, 0.3) is 0 Å². The number of H-pyrrole nitrogens is 1. The largest absolute Gasteiger partial charge is 0.367 e. The molecule has 1 saturated carbocycles. The molecule has 2 atom stereocenters. The van der Waals surface area contributed by atoms with Crippen molar-refractivity contribution in [1.82, 2.24) is 10.3 Å². The van der Waals surface area contributed by atoms with Gasteiger partial charge < -0.3 is 10.3 Å². The van der Waals surface area contributed by atoms with Gasteiger partial charge in [-0.1, -0.05) is 30.3 Å². The van der Waals surface area contributed by atoms with Crippen LogP contribution in [-0.4, -0.2) is 10.9 Å². The van der Waals surface area contributed by atoms with Crippen LogP contribution in [-0.2, 0) is 11.3 Å². The molecular formula is C15H16N2O. The van der Waals surface area contributed by atoms with E-state index in [2.05, 4.69) is 22.4 Å². The van der Waals surface area contributed by atoms with Crippen LogP contribution >= 0.6 is 0 Å². The minimum absolute atomic E-state index is 0.159. The van der Waals surface area contributed by atoms with Gasteiger partial charge >= 0.3 is 0 Å². The van der Waals surface area contributed by atoms with Crippen LogP contribution in [0.5, 0.6) is 0 Å². The van der Waals surface area contributed by atoms with E-state index < -0.39 is 0 Å². The number of aromatic nitrogens is 1. The summed E-state index contributed by atoms with van der Waals surface area (Å²) >= 11 is 0. The van der Waals surface area contributed by atoms with E-state index in [1.807, 2.05) is 36.7 Å². The first-order valence-electron chi connectivity index (χ1n) is 6.29. The molecule has 3 rings (SSSR count). The Morgan fingerprint density at radius 1 is 1.28 bits per heavy atom. The van der Waals surface area contributed by atoms with Gasteiger partial charge in [0, 0.05) is 24.9 Å². The highest BCUT2D eigenvalue weighted by atomic mass is 16.2. The number of amides is 1. The van der Waals surface area contributed by atoms with Crippen LogP contribution in [0.25, 0.3) is 0 Å². The normalized spacial score (nSPS) is 21.6. The summed E-state index contributed by atoms with van der Waals surface area (Å²) < 4.78 is 0. The van der Waals surface area contributed by atoms with Crippen LogP contribution in [0, 0.1) is 5.92 Å². The number of hydrogen-bond donors (Lipinski definition) is 2. The molecule has 1 aliphatic carbocycles. The number of hydrogen-bond acceptors (Lipinski definition) is 1. The zero-order valence-corrected chi connectivity index (χ0v) is 10.1. The van der Waals surface area contributed by atoms with E-state index in [4.69, 9.17) is 0 Å². The molecule has 1 aliphatic rings. The van der Waals surface area contributed by atoms with Crippen LogP contribution in [0.1, 0.15) is 23.5 Å². The summed E-state index contributed by atoms with van der Waals surface area (Å²) in [5.41, 5.74) is 2.39. The predicted octanol–water partition coefficient (Wildman–Crippen LogP) is 2.43. The molecule has 1 aromatic heterocycles. The Bertz CT molecular complexity index is 519. The Kier molecular flexibility index (Phi) is 2.89. The molecule has 0 aliphatic heterocycles. The second-order valence-electron chi connectivity index (χ2n) is 4.80. The number of rotatable bonds is 4. The minimum atomic E-state index is 0.159. The maximum atomic E-state index is 12.0. The van der Waals surface area contributed by atoms with Crippen molar-refractivity contribution in [1.29, 1.82) is 0 Å². The van der Waals surface area contributed by atoms with Gasteiger partial charge in [-0.05, 0) is 29.5 Å². The summed E-state index contributed by atoms with van der Waals surface area (Å²) in [5.74, 6) is 0.744. The van der Waals surface area contributed by atoms with Gasteiger partial charge in [0.05, 0.1) is 0 Å². The van der Waals surface area contributed by atoms with E-state index in [1.165, 1.54) is 5.56 Å². The van der Waals surface area contributed by atoms with Crippen molar-refractivity contribution in [2.45, 2.75) is 18.9 Å². The SMILES string of the molecule is O=C(NCc1cc[nH]c1)C1CC1c1ccccc1. The predicted molar refractivity (Wildman–Crippen MR) is 69.9 cm³/mol. The average Bonchev–Trinajstić information content (AvgIpc) is 3.05. The smallest absolute Gasteiger partial charge is 0.224 e. The summed E-state index contributed by atoms with van der Waals surface area (Å²) in [4.78, 5) is 14.9. The van der Waals surface area contributed by atoms with E-state index in [9.17, 15) is 4.79 Å². The summed E-state index contributed by atoms with van der Waals surface area (Å²) in [6, 6.07) is 12.2. The third-order valence-corrected chi connectivity index (χ3v) is 3.48. The molecule has 2 aromatic rings. The first kappa shape index (κ1) is 11.1. The fraction of sp³-hybridized carbons (Fsp3) is 0.267. The molecule has 1 fully saturated rings. The van der Waals surface area contributed by atoms with Crippen LogP contribution in [0.3, 0.4) is 0 Å². The van der Waals surface area contributed by atoms with Gasteiger partial charge in [-0.15, -0.1) is 0 Å². The van der Waals surface area contributed by atoms with Crippen LogP contribution < -0.4 is 5.32 Å². The quantitative estimate of drug-likeness (QED) is 0.847. The standard InChI is InChI=1S/C15H16N2O/c18-15(17-10-11-6-7-16-9-11)14-8-13(14)12-4-2-1-3-5-12/h1-7,9,13-14,16H,8,10H2,(H,17,18). The van der Waals surface area contributed by atoms with E-state index in [1.54, 1.807) is 0 Å². The van der Waals surface area contributed by atoms with Crippen molar-refractivity contribution in [2.75, 3.05) is 0 Å². The molecule has 2 unspecified atom stereocenters. The molecule has 2 N–H and O–H groups in total. The lowest BCUT2D eigenvalue weighted by Crippen LogP contribution is -2.24. The lowest BCUT2D eigenvalue weighted by Gasteiger charge is -2.03. The van der Waals surface area contributed by atoms with Crippen molar-refractivity contribution in [3.05, 3.63) is 59.9 Å². The molecule has 3 nitrogen and oxygen atoms in total. The van der Waals surface area contributed by atoms with Gasteiger partial charge in [0.2, 0.25) is 5.91 Å². The highest BCUT2D eigenvalue weighted by Crippen LogP contribution is 2.47. The second-order valence-corrected chi connectivity index (χ2v) is 4.80. The molecule has 1 amide bonds. The molecular weight excluding hydrogens is 224 g/mol. The zero-order valence-electron chi connectivity index (χ0n) is 10.1. The van der Waals surface area contributed by atoms with Crippen molar-refractivity contribution >= 4 is 5.91 Å². The van der Waals surface area contributed by atoms with Gasteiger partial charge in [-0.2, -0.15) is 0 Å². The molecule has 0 bridgehead atoms. The first-order valence-corrected chi connectivity index (χ1v) is 6.29. The monoisotopic (exact) mass is 240 g/mol. The van der Waals surface area contributed by atoms with Crippen LogP contribution in [0.15, 0.2) is 48.8 Å². The Morgan fingerprint density at radius 2 is 2.11 bits per heavy atom. The topological polar surface area (TPSA) is 44.9 Å². The maximum Gasteiger partial charge on any atom is 0.224 e. The van der Waals surface area contributed by atoms with E-state index in [0.29, 0.717) is 12.5 Å². The second kappa shape index (κ2) is 4.69. The van der Waals surface area contributed by atoms with Crippen LogP contribution in [0.2, 0.25) is 0 Å².